The largest absolute Gasteiger partial charge is 0.310 e. The number of aromatic nitrogens is 2. The van der Waals surface area contributed by atoms with Crippen LogP contribution in [-0.4, -0.2) is 15.8 Å². The molecule has 0 amide bonds. The minimum atomic E-state index is 0.496. The average Bonchev–Trinajstić information content (AvgIpc) is 2.65. The molecule has 1 heterocycles. The number of aryl methyl sites for hydroxylation is 2. The summed E-state index contributed by atoms with van der Waals surface area (Å²) in [7, 11) is 0. The van der Waals surface area contributed by atoms with Gasteiger partial charge in [0.05, 0.1) is 11.4 Å². The van der Waals surface area contributed by atoms with Crippen LogP contribution in [0.25, 0.3) is 5.69 Å². The van der Waals surface area contributed by atoms with E-state index in [0.29, 0.717) is 6.04 Å². The third-order valence-corrected chi connectivity index (χ3v) is 3.87. The molecule has 2 aromatic rings. The van der Waals surface area contributed by atoms with Crippen molar-refractivity contribution in [1.29, 1.82) is 0 Å². The highest BCUT2D eigenvalue weighted by Crippen LogP contribution is 2.21. The van der Waals surface area contributed by atoms with Crippen LogP contribution in [0.5, 0.6) is 0 Å². The molecule has 0 aliphatic heterocycles. The van der Waals surface area contributed by atoms with Crippen LogP contribution in [0.15, 0.2) is 18.2 Å². The van der Waals surface area contributed by atoms with Gasteiger partial charge in [-0.05, 0) is 50.5 Å². The van der Waals surface area contributed by atoms with Crippen molar-refractivity contribution in [2.75, 3.05) is 0 Å². The smallest absolute Gasteiger partial charge is 0.0681 e. The Morgan fingerprint density at radius 2 is 1.85 bits per heavy atom. The molecule has 0 bridgehead atoms. The summed E-state index contributed by atoms with van der Waals surface area (Å²) in [5.41, 5.74) is 7.33. The maximum Gasteiger partial charge on any atom is 0.0681 e. The first kappa shape index (κ1) is 14.8. The molecular formula is C17H25N3. The topological polar surface area (TPSA) is 29.9 Å². The molecule has 0 spiro atoms. The molecule has 0 unspecified atom stereocenters. The SMILES string of the molecule is Cc1ccc(CNC(C)C)cc1-n1nc(C)c(C)c1C. The predicted molar refractivity (Wildman–Crippen MR) is 84.5 cm³/mol. The van der Waals surface area contributed by atoms with Gasteiger partial charge in [-0.15, -0.1) is 0 Å². The maximum absolute atomic E-state index is 4.67. The summed E-state index contributed by atoms with van der Waals surface area (Å²) in [6, 6.07) is 7.10. The zero-order valence-corrected chi connectivity index (χ0v) is 13.4. The van der Waals surface area contributed by atoms with Gasteiger partial charge in [-0.3, -0.25) is 0 Å². The molecule has 0 aliphatic carbocycles. The van der Waals surface area contributed by atoms with E-state index in [4.69, 9.17) is 0 Å². The van der Waals surface area contributed by atoms with Gasteiger partial charge in [0.2, 0.25) is 0 Å². The fourth-order valence-electron chi connectivity index (χ4n) is 2.27. The zero-order chi connectivity index (χ0) is 14.9. The van der Waals surface area contributed by atoms with Crippen molar-refractivity contribution in [2.45, 2.75) is 54.1 Å². The van der Waals surface area contributed by atoms with Crippen molar-refractivity contribution in [3.05, 3.63) is 46.3 Å². The summed E-state index contributed by atoms with van der Waals surface area (Å²) < 4.78 is 2.07. The molecule has 0 atom stereocenters. The monoisotopic (exact) mass is 271 g/mol. The summed E-state index contributed by atoms with van der Waals surface area (Å²) in [6.45, 7) is 13.7. The molecule has 1 aromatic heterocycles. The number of hydrogen-bond acceptors (Lipinski definition) is 2. The molecule has 0 radical (unpaired) electrons. The number of benzene rings is 1. The second-order valence-corrected chi connectivity index (χ2v) is 5.86. The van der Waals surface area contributed by atoms with Crippen molar-refractivity contribution < 1.29 is 0 Å². The summed E-state index contributed by atoms with van der Waals surface area (Å²) in [5.74, 6) is 0. The second-order valence-electron chi connectivity index (χ2n) is 5.86. The van der Waals surface area contributed by atoms with E-state index < -0.39 is 0 Å². The lowest BCUT2D eigenvalue weighted by Gasteiger charge is -2.13. The van der Waals surface area contributed by atoms with E-state index in [1.165, 1.54) is 28.1 Å². The first-order valence-corrected chi connectivity index (χ1v) is 7.26. The van der Waals surface area contributed by atoms with Crippen LogP contribution in [0, 0.1) is 27.7 Å². The van der Waals surface area contributed by atoms with Gasteiger partial charge in [0.15, 0.2) is 0 Å². The van der Waals surface area contributed by atoms with Crippen LogP contribution in [0.3, 0.4) is 0 Å². The molecule has 0 aliphatic rings. The Kier molecular flexibility index (Phi) is 4.29. The summed E-state index contributed by atoms with van der Waals surface area (Å²) in [5, 5.41) is 8.13. The fourth-order valence-corrected chi connectivity index (χ4v) is 2.27. The van der Waals surface area contributed by atoms with Gasteiger partial charge in [-0.25, -0.2) is 4.68 Å². The van der Waals surface area contributed by atoms with Gasteiger partial charge < -0.3 is 5.32 Å². The lowest BCUT2D eigenvalue weighted by molar-refractivity contribution is 0.588. The molecule has 0 saturated heterocycles. The quantitative estimate of drug-likeness (QED) is 0.920. The second kappa shape index (κ2) is 5.80. The van der Waals surface area contributed by atoms with Gasteiger partial charge >= 0.3 is 0 Å². The van der Waals surface area contributed by atoms with Crippen LogP contribution >= 0.6 is 0 Å². The zero-order valence-electron chi connectivity index (χ0n) is 13.4. The predicted octanol–water partition coefficient (Wildman–Crippen LogP) is 3.60. The standard InChI is InChI=1S/C17H25N3/c1-11(2)18-10-16-8-7-12(3)17(9-16)20-15(6)13(4)14(5)19-20/h7-9,11,18H,10H2,1-6H3. The Labute approximate surface area is 122 Å². The molecule has 20 heavy (non-hydrogen) atoms. The van der Waals surface area contributed by atoms with E-state index in [-0.39, 0.29) is 0 Å². The maximum atomic E-state index is 4.67. The van der Waals surface area contributed by atoms with E-state index in [1.807, 2.05) is 0 Å². The van der Waals surface area contributed by atoms with E-state index in [9.17, 15) is 0 Å². The molecule has 1 aromatic carbocycles. The minimum Gasteiger partial charge on any atom is -0.310 e. The Hall–Kier alpha value is -1.61. The highest BCUT2D eigenvalue weighted by atomic mass is 15.3. The molecule has 1 N–H and O–H groups in total. The van der Waals surface area contributed by atoms with Crippen LogP contribution < -0.4 is 5.32 Å². The van der Waals surface area contributed by atoms with Gasteiger partial charge in [-0.1, -0.05) is 26.0 Å². The number of nitrogens with one attached hydrogen (secondary N) is 1. The van der Waals surface area contributed by atoms with E-state index in [2.05, 4.69) is 74.8 Å². The lowest BCUT2D eigenvalue weighted by Crippen LogP contribution is -2.22. The fraction of sp³-hybridized carbons (Fsp3) is 0.471. The van der Waals surface area contributed by atoms with Crippen molar-refractivity contribution in [3.63, 3.8) is 0 Å². The van der Waals surface area contributed by atoms with Crippen LogP contribution in [0.2, 0.25) is 0 Å². The number of nitrogens with zero attached hydrogens (tertiary/aromatic N) is 2. The molecule has 0 saturated carbocycles. The average molecular weight is 271 g/mol. The molecule has 2 rings (SSSR count). The van der Waals surface area contributed by atoms with Crippen molar-refractivity contribution >= 4 is 0 Å². The van der Waals surface area contributed by atoms with E-state index in [0.717, 1.165) is 12.2 Å². The summed E-state index contributed by atoms with van der Waals surface area (Å²) in [6.07, 6.45) is 0. The highest BCUT2D eigenvalue weighted by molar-refractivity contribution is 5.45. The van der Waals surface area contributed by atoms with Gasteiger partial charge in [-0.2, -0.15) is 5.10 Å². The Morgan fingerprint density at radius 3 is 2.40 bits per heavy atom. The van der Waals surface area contributed by atoms with Gasteiger partial charge in [0.25, 0.3) is 0 Å². The van der Waals surface area contributed by atoms with Crippen molar-refractivity contribution in [2.24, 2.45) is 0 Å². The first-order valence-electron chi connectivity index (χ1n) is 7.26. The van der Waals surface area contributed by atoms with Crippen LogP contribution in [0.4, 0.5) is 0 Å². The first-order chi connectivity index (χ1) is 9.40. The molecule has 0 fully saturated rings. The van der Waals surface area contributed by atoms with Crippen molar-refractivity contribution in [3.8, 4) is 5.69 Å². The summed E-state index contributed by atoms with van der Waals surface area (Å²) in [4.78, 5) is 0. The van der Waals surface area contributed by atoms with Gasteiger partial charge in [0, 0.05) is 18.3 Å². The van der Waals surface area contributed by atoms with E-state index in [1.54, 1.807) is 0 Å². The Morgan fingerprint density at radius 1 is 1.15 bits per heavy atom. The third kappa shape index (κ3) is 2.93. The Bertz CT molecular complexity index is 609. The number of hydrogen-bond donors (Lipinski definition) is 1. The van der Waals surface area contributed by atoms with Gasteiger partial charge in [0.1, 0.15) is 0 Å². The highest BCUT2D eigenvalue weighted by Gasteiger charge is 2.11. The molecule has 3 nitrogen and oxygen atoms in total. The lowest BCUT2D eigenvalue weighted by atomic mass is 10.1. The normalized spacial score (nSPS) is 11.3. The summed E-state index contributed by atoms with van der Waals surface area (Å²) >= 11 is 0. The molecule has 3 heteroatoms. The molecular weight excluding hydrogens is 246 g/mol. The number of rotatable bonds is 4. The van der Waals surface area contributed by atoms with Crippen molar-refractivity contribution in [1.82, 2.24) is 15.1 Å². The Balaban J connectivity index is 2.40. The van der Waals surface area contributed by atoms with E-state index >= 15 is 0 Å². The van der Waals surface area contributed by atoms with Crippen LogP contribution in [0.1, 0.15) is 41.9 Å². The molecule has 108 valence electrons. The van der Waals surface area contributed by atoms with Crippen LogP contribution in [-0.2, 0) is 6.54 Å². The third-order valence-electron chi connectivity index (χ3n) is 3.87. The minimum absolute atomic E-state index is 0.496.